The zero-order valence-electron chi connectivity index (χ0n) is 11.3. The first-order valence-electron chi connectivity index (χ1n) is 6.25. The van der Waals surface area contributed by atoms with E-state index in [1.54, 1.807) is 0 Å². The zero-order valence-corrected chi connectivity index (χ0v) is 11.3. The van der Waals surface area contributed by atoms with Gasteiger partial charge in [0.1, 0.15) is 11.8 Å². The Bertz CT molecular complexity index is 427. The van der Waals surface area contributed by atoms with Gasteiger partial charge in [-0.1, -0.05) is 13.8 Å². The number of hydrogen-bond acceptors (Lipinski definition) is 3. The first kappa shape index (κ1) is 12.4. The number of ether oxygens (including phenoxy) is 1. The van der Waals surface area contributed by atoms with E-state index in [2.05, 4.69) is 18.9 Å². The minimum Gasteiger partial charge on any atom is -0.486 e. The lowest BCUT2D eigenvalue weighted by Crippen LogP contribution is -2.57. The Labute approximate surface area is 103 Å². The van der Waals surface area contributed by atoms with Crippen LogP contribution in [0.2, 0.25) is 0 Å². The number of rotatable bonds is 3. The standard InChI is InChI=1S/C13H22N2O2/c1-6-13(4)10(16)7-11(13)17-12-8(2)14-15(5)9(12)3/h10-11,16H,6-7H2,1-5H3. The van der Waals surface area contributed by atoms with Crippen LogP contribution in [0.3, 0.4) is 0 Å². The van der Waals surface area contributed by atoms with Crippen molar-refractivity contribution in [2.24, 2.45) is 12.5 Å². The highest BCUT2D eigenvalue weighted by Crippen LogP contribution is 2.46. The van der Waals surface area contributed by atoms with Gasteiger partial charge in [-0.15, -0.1) is 0 Å². The molecule has 17 heavy (non-hydrogen) atoms. The molecule has 3 unspecified atom stereocenters. The van der Waals surface area contributed by atoms with Crippen LogP contribution >= 0.6 is 0 Å². The van der Waals surface area contributed by atoms with Gasteiger partial charge in [0.2, 0.25) is 0 Å². The number of aryl methyl sites for hydroxylation is 2. The van der Waals surface area contributed by atoms with E-state index in [1.807, 2.05) is 25.6 Å². The molecule has 0 aliphatic heterocycles. The summed E-state index contributed by atoms with van der Waals surface area (Å²) in [5.74, 6) is 0.879. The fourth-order valence-electron chi connectivity index (χ4n) is 2.51. The molecule has 0 spiro atoms. The minimum atomic E-state index is -0.241. The molecule has 1 aliphatic carbocycles. The normalized spacial score (nSPS) is 32.4. The van der Waals surface area contributed by atoms with E-state index in [9.17, 15) is 5.11 Å². The maximum Gasteiger partial charge on any atom is 0.163 e. The summed E-state index contributed by atoms with van der Waals surface area (Å²) < 4.78 is 7.90. The molecule has 96 valence electrons. The van der Waals surface area contributed by atoms with Crippen LogP contribution in [0.1, 0.15) is 38.1 Å². The lowest BCUT2D eigenvalue weighted by Gasteiger charge is -2.50. The van der Waals surface area contributed by atoms with Crippen molar-refractivity contribution in [3.63, 3.8) is 0 Å². The smallest absolute Gasteiger partial charge is 0.163 e. The van der Waals surface area contributed by atoms with E-state index >= 15 is 0 Å². The molecule has 3 atom stereocenters. The molecule has 4 nitrogen and oxygen atoms in total. The molecule has 0 bridgehead atoms. The second kappa shape index (κ2) is 4.02. The predicted octanol–water partition coefficient (Wildman–Crippen LogP) is 1.97. The fraction of sp³-hybridized carbons (Fsp3) is 0.769. The Morgan fingerprint density at radius 2 is 2.18 bits per heavy atom. The van der Waals surface area contributed by atoms with Crippen LogP contribution in [-0.2, 0) is 7.05 Å². The van der Waals surface area contributed by atoms with Crippen LogP contribution < -0.4 is 4.74 Å². The van der Waals surface area contributed by atoms with Gasteiger partial charge in [0.15, 0.2) is 5.75 Å². The minimum absolute atomic E-state index is 0.101. The molecule has 4 heteroatoms. The molecule has 0 amide bonds. The van der Waals surface area contributed by atoms with Gasteiger partial charge < -0.3 is 9.84 Å². The summed E-state index contributed by atoms with van der Waals surface area (Å²) in [6.45, 7) is 8.16. The summed E-state index contributed by atoms with van der Waals surface area (Å²) in [5.41, 5.74) is 1.85. The maximum atomic E-state index is 9.86. The molecule has 1 aliphatic rings. The Balaban J connectivity index is 2.17. The monoisotopic (exact) mass is 238 g/mol. The molecular formula is C13H22N2O2. The number of nitrogens with zero attached hydrogens (tertiary/aromatic N) is 2. The van der Waals surface area contributed by atoms with Gasteiger partial charge in [-0.25, -0.2) is 0 Å². The van der Waals surface area contributed by atoms with Gasteiger partial charge in [-0.2, -0.15) is 5.10 Å². The third kappa shape index (κ3) is 1.75. The first-order chi connectivity index (χ1) is 7.90. The molecule has 2 rings (SSSR count). The van der Waals surface area contributed by atoms with Crippen LogP contribution in [-0.4, -0.2) is 27.1 Å². The van der Waals surface area contributed by atoms with Gasteiger partial charge in [-0.05, 0) is 20.3 Å². The highest BCUT2D eigenvalue weighted by molar-refractivity contribution is 5.32. The van der Waals surface area contributed by atoms with Crippen LogP contribution in [0, 0.1) is 19.3 Å². The molecule has 0 aromatic carbocycles. The summed E-state index contributed by atoms with van der Waals surface area (Å²) in [5, 5.41) is 14.2. The second-order valence-electron chi connectivity index (χ2n) is 5.34. The Morgan fingerprint density at radius 1 is 1.53 bits per heavy atom. The van der Waals surface area contributed by atoms with Crippen LogP contribution in [0.15, 0.2) is 0 Å². The van der Waals surface area contributed by atoms with Crippen molar-refractivity contribution in [1.29, 1.82) is 0 Å². The van der Waals surface area contributed by atoms with Crippen molar-refractivity contribution in [2.45, 2.75) is 52.7 Å². The highest BCUT2D eigenvalue weighted by atomic mass is 16.5. The second-order valence-corrected chi connectivity index (χ2v) is 5.34. The molecule has 1 aromatic heterocycles. The molecule has 0 radical (unpaired) electrons. The van der Waals surface area contributed by atoms with Crippen molar-refractivity contribution in [3.05, 3.63) is 11.4 Å². The van der Waals surface area contributed by atoms with Gasteiger partial charge in [0, 0.05) is 18.9 Å². The van der Waals surface area contributed by atoms with Crippen molar-refractivity contribution in [1.82, 2.24) is 9.78 Å². The van der Waals surface area contributed by atoms with Crippen molar-refractivity contribution < 1.29 is 9.84 Å². The Morgan fingerprint density at radius 3 is 2.59 bits per heavy atom. The molecule has 1 aromatic rings. The van der Waals surface area contributed by atoms with E-state index in [-0.39, 0.29) is 17.6 Å². The van der Waals surface area contributed by atoms with Gasteiger partial charge in [0.25, 0.3) is 0 Å². The lowest BCUT2D eigenvalue weighted by atomic mass is 9.63. The number of aliphatic hydroxyl groups is 1. The van der Waals surface area contributed by atoms with Crippen LogP contribution in [0.25, 0.3) is 0 Å². The maximum absolute atomic E-state index is 9.86. The number of aromatic nitrogens is 2. The van der Waals surface area contributed by atoms with Crippen molar-refractivity contribution >= 4 is 0 Å². The van der Waals surface area contributed by atoms with Crippen LogP contribution in [0.4, 0.5) is 0 Å². The molecule has 1 heterocycles. The Hall–Kier alpha value is -1.03. The number of hydrogen-bond donors (Lipinski definition) is 1. The summed E-state index contributed by atoms with van der Waals surface area (Å²) in [6.07, 6.45) is 1.51. The van der Waals surface area contributed by atoms with Crippen molar-refractivity contribution in [2.75, 3.05) is 0 Å². The summed E-state index contributed by atoms with van der Waals surface area (Å²) in [4.78, 5) is 0. The topological polar surface area (TPSA) is 47.3 Å². The van der Waals surface area contributed by atoms with Crippen LogP contribution in [0.5, 0.6) is 5.75 Å². The van der Waals surface area contributed by atoms with E-state index in [4.69, 9.17) is 4.74 Å². The van der Waals surface area contributed by atoms with E-state index in [0.29, 0.717) is 0 Å². The zero-order chi connectivity index (χ0) is 12.8. The summed E-state index contributed by atoms with van der Waals surface area (Å²) >= 11 is 0. The van der Waals surface area contributed by atoms with E-state index < -0.39 is 0 Å². The largest absolute Gasteiger partial charge is 0.486 e. The third-order valence-electron chi connectivity index (χ3n) is 4.40. The lowest BCUT2D eigenvalue weighted by molar-refractivity contribution is -0.147. The highest BCUT2D eigenvalue weighted by Gasteiger charge is 2.51. The van der Waals surface area contributed by atoms with Gasteiger partial charge in [-0.3, -0.25) is 4.68 Å². The van der Waals surface area contributed by atoms with Gasteiger partial charge >= 0.3 is 0 Å². The molecular weight excluding hydrogens is 216 g/mol. The van der Waals surface area contributed by atoms with Crippen molar-refractivity contribution in [3.8, 4) is 5.75 Å². The molecule has 1 N–H and O–H groups in total. The molecule has 1 saturated carbocycles. The summed E-state index contributed by atoms with van der Waals surface area (Å²) in [7, 11) is 1.92. The number of aliphatic hydroxyl groups excluding tert-OH is 1. The molecule has 0 saturated heterocycles. The average molecular weight is 238 g/mol. The van der Waals surface area contributed by atoms with Gasteiger partial charge in [0.05, 0.1) is 11.8 Å². The van der Waals surface area contributed by atoms with E-state index in [0.717, 1.165) is 30.0 Å². The fourth-order valence-corrected chi connectivity index (χ4v) is 2.51. The molecule has 1 fully saturated rings. The van der Waals surface area contributed by atoms with E-state index in [1.165, 1.54) is 0 Å². The summed E-state index contributed by atoms with van der Waals surface area (Å²) in [6, 6.07) is 0. The SMILES string of the molecule is CCC1(C)C(O)CC1Oc1c(C)nn(C)c1C. The average Bonchev–Trinajstić information content (AvgIpc) is 2.53. The third-order valence-corrected chi connectivity index (χ3v) is 4.40. The Kier molecular flexibility index (Phi) is 2.94. The quantitative estimate of drug-likeness (QED) is 0.875. The first-order valence-corrected chi connectivity index (χ1v) is 6.25. The predicted molar refractivity (Wildman–Crippen MR) is 66.1 cm³/mol.